The summed E-state index contributed by atoms with van der Waals surface area (Å²) in [5.41, 5.74) is 5.70. The maximum atomic E-state index is 13.3. The molecule has 1 fully saturated rings. The Morgan fingerprint density at radius 1 is 1.58 bits per heavy atom. The van der Waals surface area contributed by atoms with Crippen molar-refractivity contribution in [3.05, 3.63) is 36.0 Å². The summed E-state index contributed by atoms with van der Waals surface area (Å²) in [6.07, 6.45) is 0.661. The van der Waals surface area contributed by atoms with E-state index in [0.29, 0.717) is 5.69 Å². The summed E-state index contributed by atoms with van der Waals surface area (Å²) in [7, 11) is 0. The standard InChI is InChI=1S/C12H12FN3O3/c1-7(17)15-5-9-6-16(12(18)19-9)8-2-3-11(14)10(13)4-8/h2-5H,6,14H2,1H3,(H,15,17)/b9-5-. The number of nitrogen functional groups attached to an aromatic ring is 1. The molecular weight excluding hydrogens is 253 g/mol. The maximum absolute atomic E-state index is 13.3. The lowest BCUT2D eigenvalue weighted by Gasteiger charge is -2.12. The number of nitrogens with two attached hydrogens (primary N) is 1. The monoisotopic (exact) mass is 265 g/mol. The van der Waals surface area contributed by atoms with Crippen molar-refractivity contribution in [2.24, 2.45) is 0 Å². The van der Waals surface area contributed by atoms with Crippen LogP contribution in [0.5, 0.6) is 0 Å². The first-order chi connectivity index (χ1) is 8.97. The van der Waals surface area contributed by atoms with Crippen LogP contribution in [0.1, 0.15) is 6.92 Å². The third-order valence-electron chi connectivity index (χ3n) is 2.48. The number of halogens is 1. The van der Waals surface area contributed by atoms with E-state index in [1.807, 2.05) is 0 Å². The van der Waals surface area contributed by atoms with Crippen LogP contribution in [-0.2, 0) is 9.53 Å². The molecule has 6 nitrogen and oxygen atoms in total. The van der Waals surface area contributed by atoms with E-state index >= 15 is 0 Å². The van der Waals surface area contributed by atoms with E-state index in [1.54, 1.807) is 0 Å². The molecule has 1 aromatic carbocycles. The lowest BCUT2D eigenvalue weighted by Crippen LogP contribution is -2.23. The van der Waals surface area contributed by atoms with Crippen LogP contribution in [0.4, 0.5) is 20.6 Å². The highest BCUT2D eigenvalue weighted by Gasteiger charge is 2.28. The van der Waals surface area contributed by atoms with Crippen LogP contribution >= 0.6 is 0 Å². The quantitative estimate of drug-likeness (QED) is 0.790. The SMILES string of the molecule is CC(=O)N/C=C1/CN(c2ccc(N)c(F)c2)C(=O)O1. The molecule has 3 N–H and O–H groups in total. The molecule has 1 aromatic rings. The summed E-state index contributed by atoms with van der Waals surface area (Å²) < 4.78 is 18.3. The molecule has 2 rings (SSSR count). The molecule has 1 saturated heterocycles. The Bertz CT molecular complexity index is 571. The van der Waals surface area contributed by atoms with Gasteiger partial charge in [-0.1, -0.05) is 0 Å². The van der Waals surface area contributed by atoms with Crippen molar-refractivity contribution in [3.63, 3.8) is 0 Å². The molecule has 0 spiro atoms. The highest BCUT2D eigenvalue weighted by Crippen LogP contribution is 2.25. The highest BCUT2D eigenvalue weighted by atomic mass is 19.1. The second-order valence-electron chi connectivity index (χ2n) is 3.97. The van der Waals surface area contributed by atoms with Gasteiger partial charge in [0, 0.05) is 13.1 Å². The molecule has 0 aliphatic carbocycles. The predicted octanol–water partition coefficient (Wildman–Crippen LogP) is 1.34. The molecule has 1 heterocycles. The van der Waals surface area contributed by atoms with Gasteiger partial charge >= 0.3 is 6.09 Å². The number of nitrogens with one attached hydrogen (secondary N) is 1. The van der Waals surface area contributed by atoms with Gasteiger partial charge in [0.1, 0.15) is 11.6 Å². The number of rotatable bonds is 2. The first-order valence-electron chi connectivity index (χ1n) is 5.48. The zero-order chi connectivity index (χ0) is 14.0. The fraction of sp³-hybridized carbons (Fsp3) is 0.167. The third kappa shape index (κ3) is 2.82. The van der Waals surface area contributed by atoms with Crippen molar-refractivity contribution >= 4 is 23.4 Å². The third-order valence-corrected chi connectivity index (χ3v) is 2.48. The van der Waals surface area contributed by atoms with Gasteiger partial charge in [-0.25, -0.2) is 9.18 Å². The molecule has 0 radical (unpaired) electrons. The van der Waals surface area contributed by atoms with Crippen LogP contribution in [0.3, 0.4) is 0 Å². The van der Waals surface area contributed by atoms with Crippen molar-refractivity contribution in [2.45, 2.75) is 6.92 Å². The largest absolute Gasteiger partial charge is 0.419 e. The number of hydrogen-bond acceptors (Lipinski definition) is 4. The van der Waals surface area contributed by atoms with Crippen LogP contribution in [0.2, 0.25) is 0 Å². The molecule has 7 heteroatoms. The number of carbonyl (C=O) groups excluding carboxylic acids is 2. The zero-order valence-corrected chi connectivity index (χ0v) is 10.1. The maximum Gasteiger partial charge on any atom is 0.419 e. The molecule has 1 aliphatic rings. The summed E-state index contributed by atoms with van der Waals surface area (Å²) in [6.45, 7) is 1.45. The number of benzene rings is 1. The summed E-state index contributed by atoms with van der Waals surface area (Å²) in [6, 6.07) is 4.03. The topological polar surface area (TPSA) is 84.7 Å². The summed E-state index contributed by atoms with van der Waals surface area (Å²) in [5, 5.41) is 2.40. The highest BCUT2D eigenvalue weighted by molar-refractivity contribution is 5.91. The van der Waals surface area contributed by atoms with Crippen LogP contribution in [0.25, 0.3) is 0 Å². The molecule has 2 amide bonds. The summed E-state index contributed by atoms with van der Waals surface area (Å²) >= 11 is 0. The molecule has 1 aliphatic heterocycles. The van der Waals surface area contributed by atoms with Crippen LogP contribution in [-0.4, -0.2) is 18.5 Å². The van der Waals surface area contributed by atoms with Crippen molar-refractivity contribution in [2.75, 3.05) is 17.2 Å². The Balaban J connectivity index is 2.17. The van der Waals surface area contributed by atoms with Gasteiger partial charge in [0.25, 0.3) is 0 Å². The minimum atomic E-state index is -0.638. The van der Waals surface area contributed by atoms with E-state index in [9.17, 15) is 14.0 Å². The Hall–Kier alpha value is -2.57. The van der Waals surface area contributed by atoms with Gasteiger partial charge in [-0.2, -0.15) is 0 Å². The van der Waals surface area contributed by atoms with Crippen molar-refractivity contribution in [1.29, 1.82) is 0 Å². The first-order valence-corrected chi connectivity index (χ1v) is 5.48. The fourth-order valence-electron chi connectivity index (χ4n) is 1.56. The van der Waals surface area contributed by atoms with Crippen molar-refractivity contribution < 1.29 is 18.7 Å². The van der Waals surface area contributed by atoms with E-state index < -0.39 is 11.9 Å². The Morgan fingerprint density at radius 2 is 2.32 bits per heavy atom. The van der Waals surface area contributed by atoms with Crippen molar-refractivity contribution in [3.8, 4) is 0 Å². The molecule has 0 saturated carbocycles. The van der Waals surface area contributed by atoms with E-state index in [0.717, 1.165) is 6.07 Å². The minimum absolute atomic E-state index is 0.00493. The van der Waals surface area contributed by atoms with Gasteiger partial charge < -0.3 is 15.8 Å². The van der Waals surface area contributed by atoms with E-state index in [2.05, 4.69) is 5.32 Å². The smallest absolute Gasteiger partial charge is 0.411 e. The number of amides is 2. The molecule has 19 heavy (non-hydrogen) atoms. The van der Waals surface area contributed by atoms with E-state index in [4.69, 9.17) is 10.5 Å². The predicted molar refractivity (Wildman–Crippen MR) is 66.5 cm³/mol. The number of ether oxygens (including phenoxy) is 1. The molecule has 0 aromatic heterocycles. The zero-order valence-electron chi connectivity index (χ0n) is 10.1. The number of cyclic esters (lactones) is 1. The molecular formula is C12H12FN3O3. The summed E-state index contributed by atoms with van der Waals surface area (Å²) in [4.78, 5) is 23.6. The molecule has 0 bridgehead atoms. The molecule has 0 atom stereocenters. The Labute approximate surface area is 108 Å². The number of nitrogens with zero attached hydrogens (tertiary/aromatic N) is 1. The Morgan fingerprint density at radius 3 is 2.95 bits per heavy atom. The van der Waals surface area contributed by atoms with Gasteiger partial charge in [-0.05, 0) is 18.2 Å². The van der Waals surface area contributed by atoms with Crippen LogP contribution < -0.4 is 16.0 Å². The van der Waals surface area contributed by atoms with Gasteiger partial charge in [0.15, 0.2) is 0 Å². The average molecular weight is 265 g/mol. The lowest BCUT2D eigenvalue weighted by atomic mass is 10.2. The lowest BCUT2D eigenvalue weighted by molar-refractivity contribution is -0.118. The van der Waals surface area contributed by atoms with Gasteiger partial charge in [-0.15, -0.1) is 0 Å². The fourth-order valence-corrected chi connectivity index (χ4v) is 1.56. The van der Waals surface area contributed by atoms with Crippen LogP contribution in [0, 0.1) is 5.82 Å². The van der Waals surface area contributed by atoms with E-state index in [1.165, 1.54) is 30.2 Å². The van der Waals surface area contributed by atoms with Crippen LogP contribution in [0.15, 0.2) is 30.2 Å². The number of anilines is 2. The molecule has 0 unspecified atom stereocenters. The number of hydrogen-bond donors (Lipinski definition) is 2. The van der Waals surface area contributed by atoms with Crippen molar-refractivity contribution in [1.82, 2.24) is 5.32 Å². The van der Waals surface area contributed by atoms with Gasteiger partial charge in [0.2, 0.25) is 5.91 Å². The average Bonchev–Trinajstić information content (AvgIpc) is 2.72. The molecule has 100 valence electrons. The van der Waals surface area contributed by atoms with E-state index in [-0.39, 0.29) is 23.9 Å². The van der Waals surface area contributed by atoms with Gasteiger partial charge in [0.05, 0.1) is 17.9 Å². The van der Waals surface area contributed by atoms with Gasteiger partial charge in [-0.3, -0.25) is 9.69 Å². The minimum Gasteiger partial charge on any atom is -0.411 e. The second kappa shape index (κ2) is 4.97. The Kier molecular flexibility index (Phi) is 3.37. The summed E-state index contributed by atoms with van der Waals surface area (Å²) in [5.74, 6) is -0.609. The normalized spacial score (nSPS) is 16.6. The number of carbonyl (C=O) groups is 2. The first kappa shape index (κ1) is 12.9. The second-order valence-corrected chi connectivity index (χ2v) is 3.97.